The van der Waals surface area contributed by atoms with Gasteiger partial charge in [0.1, 0.15) is 0 Å². The summed E-state index contributed by atoms with van der Waals surface area (Å²) in [5.74, 6) is 0. The monoisotopic (exact) mass is 224 g/mol. The van der Waals surface area contributed by atoms with E-state index in [0.717, 1.165) is 0 Å². The Morgan fingerprint density at radius 1 is 1.36 bits per heavy atom. The lowest BCUT2D eigenvalue weighted by Crippen LogP contribution is -2.45. The molecule has 14 heavy (non-hydrogen) atoms. The van der Waals surface area contributed by atoms with Gasteiger partial charge in [-0.15, -0.1) is 0 Å². The van der Waals surface area contributed by atoms with Gasteiger partial charge < -0.3 is 10.8 Å². The fourth-order valence-electron chi connectivity index (χ4n) is 1.13. The van der Waals surface area contributed by atoms with Gasteiger partial charge in [-0.1, -0.05) is 0 Å². The first-order valence-corrected chi connectivity index (χ1v) is 6.19. The topological polar surface area (TPSA) is 83.6 Å². The molecule has 0 rings (SSSR count). The van der Waals surface area contributed by atoms with Crippen molar-refractivity contribution in [2.45, 2.75) is 32.1 Å². The minimum atomic E-state index is -3.36. The first kappa shape index (κ1) is 13.8. The highest BCUT2D eigenvalue weighted by Gasteiger charge is 2.29. The highest BCUT2D eigenvalue weighted by molar-refractivity contribution is 7.89. The van der Waals surface area contributed by atoms with Crippen LogP contribution in [0.4, 0.5) is 0 Å². The van der Waals surface area contributed by atoms with E-state index in [1.54, 1.807) is 20.8 Å². The first-order chi connectivity index (χ1) is 6.37. The summed E-state index contributed by atoms with van der Waals surface area (Å²) in [4.78, 5) is 0. The van der Waals surface area contributed by atoms with E-state index < -0.39 is 15.3 Å². The zero-order valence-electron chi connectivity index (χ0n) is 8.97. The molecule has 1 atom stereocenters. The van der Waals surface area contributed by atoms with Crippen molar-refractivity contribution in [3.05, 3.63) is 0 Å². The van der Waals surface area contributed by atoms with Crippen molar-refractivity contribution in [1.29, 1.82) is 0 Å². The van der Waals surface area contributed by atoms with E-state index in [1.165, 1.54) is 4.31 Å². The maximum Gasteiger partial charge on any atom is 0.218 e. The molecule has 86 valence electrons. The van der Waals surface area contributed by atoms with Crippen molar-refractivity contribution in [2.24, 2.45) is 5.73 Å². The second-order valence-corrected chi connectivity index (χ2v) is 5.82. The average Bonchev–Trinajstić information content (AvgIpc) is 2.11. The Bertz CT molecular complexity index is 251. The second-order valence-electron chi connectivity index (χ2n) is 3.52. The Hall–Kier alpha value is -0.170. The van der Waals surface area contributed by atoms with Crippen molar-refractivity contribution < 1.29 is 13.5 Å². The fourth-order valence-corrected chi connectivity index (χ4v) is 2.76. The van der Waals surface area contributed by atoms with Gasteiger partial charge >= 0.3 is 0 Å². The van der Waals surface area contributed by atoms with Gasteiger partial charge in [0.05, 0.1) is 11.9 Å². The molecular formula is C8H20N2O3S. The molecule has 3 N–H and O–H groups in total. The predicted octanol–water partition coefficient (Wildman–Crippen LogP) is -0.634. The molecule has 0 heterocycles. The minimum Gasteiger partial charge on any atom is -0.395 e. The van der Waals surface area contributed by atoms with Gasteiger partial charge in [-0.2, -0.15) is 4.31 Å². The van der Waals surface area contributed by atoms with Gasteiger partial charge in [-0.25, -0.2) is 8.42 Å². The molecule has 0 saturated carbocycles. The number of nitrogens with zero attached hydrogens (tertiary/aromatic N) is 1. The van der Waals surface area contributed by atoms with Crippen LogP contribution in [0.5, 0.6) is 0 Å². The van der Waals surface area contributed by atoms with Crippen LogP contribution >= 0.6 is 0 Å². The van der Waals surface area contributed by atoms with Crippen LogP contribution in [-0.2, 0) is 10.0 Å². The molecule has 0 aliphatic heterocycles. The largest absolute Gasteiger partial charge is 0.395 e. The van der Waals surface area contributed by atoms with Crippen LogP contribution in [0.25, 0.3) is 0 Å². The van der Waals surface area contributed by atoms with Gasteiger partial charge in [0, 0.05) is 19.1 Å². The third kappa shape index (κ3) is 3.20. The minimum absolute atomic E-state index is 0.0942. The Morgan fingerprint density at radius 3 is 2.14 bits per heavy atom. The number of nitrogens with two attached hydrogens (primary N) is 1. The van der Waals surface area contributed by atoms with Crippen LogP contribution in [-0.4, -0.2) is 48.8 Å². The maximum absolute atomic E-state index is 11.8. The van der Waals surface area contributed by atoms with Crippen LogP contribution < -0.4 is 5.73 Å². The van der Waals surface area contributed by atoms with Gasteiger partial charge in [0.15, 0.2) is 0 Å². The summed E-state index contributed by atoms with van der Waals surface area (Å²) < 4.78 is 24.9. The third-order valence-corrected chi connectivity index (χ3v) is 4.53. The van der Waals surface area contributed by atoms with Crippen LogP contribution in [0.1, 0.15) is 20.8 Å². The average molecular weight is 224 g/mol. The number of hydrogen-bond acceptors (Lipinski definition) is 4. The molecule has 0 aliphatic rings. The van der Waals surface area contributed by atoms with E-state index in [0.29, 0.717) is 0 Å². The summed E-state index contributed by atoms with van der Waals surface area (Å²) in [5.41, 5.74) is 5.32. The number of aliphatic hydroxyl groups is 1. The smallest absolute Gasteiger partial charge is 0.218 e. The summed E-state index contributed by atoms with van der Waals surface area (Å²) >= 11 is 0. The molecule has 0 bridgehead atoms. The first-order valence-electron chi connectivity index (χ1n) is 4.69. The van der Waals surface area contributed by atoms with Crippen LogP contribution in [0.2, 0.25) is 0 Å². The van der Waals surface area contributed by atoms with E-state index in [2.05, 4.69) is 0 Å². The number of aliphatic hydroxyl groups excluding tert-OH is 1. The third-order valence-electron chi connectivity index (χ3n) is 2.06. The molecule has 0 saturated heterocycles. The summed E-state index contributed by atoms with van der Waals surface area (Å²) in [6, 6.07) is -0.152. The van der Waals surface area contributed by atoms with E-state index >= 15 is 0 Å². The molecule has 6 heteroatoms. The Morgan fingerprint density at radius 2 is 1.86 bits per heavy atom. The van der Waals surface area contributed by atoms with Crippen LogP contribution in [0, 0.1) is 0 Å². The van der Waals surface area contributed by atoms with Gasteiger partial charge in [-0.3, -0.25) is 0 Å². The molecule has 0 fully saturated rings. The normalized spacial score (nSPS) is 15.1. The molecule has 0 amide bonds. The van der Waals surface area contributed by atoms with E-state index in [1.807, 2.05) is 0 Å². The number of rotatable bonds is 6. The second kappa shape index (κ2) is 5.65. The summed E-state index contributed by atoms with van der Waals surface area (Å²) in [5, 5.41) is 8.17. The highest BCUT2D eigenvalue weighted by atomic mass is 32.2. The molecule has 0 spiro atoms. The van der Waals surface area contributed by atoms with E-state index in [-0.39, 0.29) is 25.7 Å². The van der Waals surface area contributed by atoms with Crippen molar-refractivity contribution in [3.63, 3.8) is 0 Å². The molecule has 0 aliphatic carbocycles. The number of hydrogen-bond donors (Lipinski definition) is 2. The Balaban J connectivity index is 4.81. The maximum atomic E-state index is 11.8. The molecule has 5 nitrogen and oxygen atoms in total. The van der Waals surface area contributed by atoms with Crippen LogP contribution in [0.15, 0.2) is 0 Å². The quantitative estimate of drug-likeness (QED) is 0.629. The zero-order valence-corrected chi connectivity index (χ0v) is 9.79. The fraction of sp³-hybridized carbons (Fsp3) is 1.00. The van der Waals surface area contributed by atoms with Gasteiger partial charge in [0.25, 0.3) is 0 Å². The molecule has 0 aromatic carbocycles. The lowest BCUT2D eigenvalue weighted by Gasteiger charge is -2.27. The summed E-state index contributed by atoms with van der Waals surface area (Å²) in [6.45, 7) is 5.17. The molecule has 0 aromatic rings. The van der Waals surface area contributed by atoms with Gasteiger partial charge in [-0.05, 0) is 20.8 Å². The molecule has 0 radical (unpaired) electrons. The Labute approximate surface area is 85.9 Å². The van der Waals surface area contributed by atoms with Crippen molar-refractivity contribution in [1.82, 2.24) is 4.31 Å². The molecule has 1 unspecified atom stereocenters. The predicted molar refractivity (Wildman–Crippen MR) is 56.4 cm³/mol. The standard InChI is InChI=1S/C8H20N2O3S/c1-7(2)10(4-5-11)14(12,13)8(3)6-9/h7-8,11H,4-6,9H2,1-3H3. The van der Waals surface area contributed by atoms with Crippen molar-refractivity contribution >= 4 is 10.0 Å². The molecule has 0 aromatic heterocycles. The van der Waals surface area contributed by atoms with Crippen molar-refractivity contribution in [3.8, 4) is 0 Å². The van der Waals surface area contributed by atoms with E-state index in [4.69, 9.17) is 10.8 Å². The lowest BCUT2D eigenvalue weighted by molar-refractivity contribution is 0.235. The SMILES string of the molecule is CC(C)N(CCO)S(=O)(=O)C(C)CN. The van der Waals surface area contributed by atoms with E-state index in [9.17, 15) is 8.42 Å². The summed E-state index contributed by atoms with van der Waals surface area (Å²) in [7, 11) is -3.36. The number of sulfonamides is 1. The lowest BCUT2D eigenvalue weighted by atomic mass is 10.4. The Kier molecular flexibility index (Phi) is 5.58. The zero-order chi connectivity index (χ0) is 11.4. The highest BCUT2D eigenvalue weighted by Crippen LogP contribution is 2.11. The van der Waals surface area contributed by atoms with Crippen LogP contribution in [0.3, 0.4) is 0 Å². The summed E-state index contributed by atoms with van der Waals surface area (Å²) in [6.07, 6.45) is 0. The van der Waals surface area contributed by atoms with Gasteiger partial charge in [0.2, 0.25) is 10.0 Å². The van der Waals surface area contributed by atoms with Crippen molar-refractivity contribution in [2.75, 3.05) is 19.7 Å². The molecular weight excluding hydrogens is 204 g/mol.